The Morgan fingerprint density at radius 3 is 2.26 bits per heavy atom. The molecule has 1 aromatic heterocycles. The van der Waals surface area contributed by atoms with Crippen LogP contribution in [0.1, 0.15) is 11.8 Å². The van der Waals surface area contributed by atoms with Crippen molar-refractivity contribution in [3.8, 4) is 0 Å². The number of rotatable bonds is 9. The van der Waals surface area contributed by atoms with Crippen molar-refractivity contribution in [2.24, 2.45) is 0 Å². The molecule has 0 radical (unpaired) electrons. The van der Waals surface area contributed by atoms with Crippen LogP contribution in [0.25, 0.3) is 0 Å². The highest BCUT2D eigenvalue weighted by atomic mass is 31.3. The first-order chi connectivity index (χ1) is 14.1. The van der Waals surface area contributed by atoms with Crippen molar-refractivity contribution in [1.29, 1.82) is 0 Å². The summed E-state index contributed by atoms with van der Waals surface area (Å²) in [5.74, 6) is -0.291. The Balaban J connectivity index is 2.11. The van der Waals surface area contributed by atoms with Gasteiger partial charge in [0.1, 0.15) is 24.1 Å². The van der Waals surface area contributed by atoms with E-state index in [4.69, 9.17) is 25.2 Å². The van der Waals surface area contributed by atoms with Gasteiger partial charge in [-0.25, -0.2) is 18.5 Å². The van der Waals surface area contributed by atoms with E-state index in [2.05, 4.69) is 18.1 Å². The van der Waals surface area contributed by atoms with Crippen LogP contribution >= 0.6 is 23.5 Å². The van der Waals surface area contributed by atoms with Gasteiger partial charge in [0.15, 0.2) is 6.23 Å². The third kappa shape index (κ3) is 6.95. The molecule has 0 aromatic carbocycles. The SMILES string of the molecule is Nc1nc(=O)n(C2OC(COP(=O)(O)OP(=O)(O)OP(=O)(O)O)C(O)C2O)cc1CO. The molecule has 178 valence electrons. The van der Waals surface area contributed by atoms with E-state index in [9.17, 15) is 38.7 Å². The first-order valence-electron chi connectivity index (χ1n) is 7.83. The lowest BCUT2D eigenvalue weighted by Gasteiger charge is -2.19. The number of anilines is 1. The highest BCUT2D eigenvalue weighted by Crippen LogP contribution is 2.66. The maximum atomic E-state index is 12.0. The number of phosphoric acid groups is 3. The van der Waals surface area contributed by atoms with Crippen LogP contribution in [0.5, 0.6) is 0 Å². The topological polar surface area (TPSA) is 291 Å². The second-order valence-corrected chi connectivity index (χ2v) is 10.4. The molecule has 6 atom stereocenters. The van der Waals surface area contributed by atoms with Gasteiger partial charge < -0.3 is 45.4 Å². The minimum atomic E-state index is -5.75. The van der Waals surface area contributed by atoms with Crippen molar-refractivity contribution in [2.45, 2.75) is 31.1 Å². The van der Waals surface area contributed by atoms with Gasteiger partial charge in [0.25, 0.3) is 0 Å². The van der Waals surface area contributed by atoms with E-state index in [0.29, 0.717) is 4.57 Å². The zero-order chi connectivity index (χ0) is 23.8. The number of phosphoric ester groups is 1. The minimum absolute atomic E-state index is 0.0124. The van der Waals surface area contributed by atoms with E-state index in [0.717, 1.165) is 6.20 Å². The monoisotopic (exact) mass is 513 g/mol. The predicted octanol–water partition coefficient (Wildman–Crippen LogP) is -2.72. The van der Waals surface area contributed by atoms with Crippen LogP contribution in [-0.4, -0.2) is 69.4 Å². The van der Waals surface area contributed by atoms with E-state index >= 15 is 0 Å². The van der Waals surface area contributed by atoms with Crippen LogP contribution in [0.15, 0.2) is 11.0 Å². The Bertz CT molecular complexity index is 1010. The van der Waals surface area contributed by atoms with Gasteiger partial charge in [-0.1, -0.05) is 0 Å². The molecule has 18 nitrogen and oxygen atoms in total. The number of hydrogen-bond donors (Lipinski definition) is 8. The predicted molar refractivity (Wildman–Crippen MR) is 94.6 cm³/mol. The summed E-state index contributed by atoms with van der Waals surface area (Å²) in [7, 11) is -16.8. The fourth-order valence-corrected chi connectivity index (χ4v) is 5.42. The van der Waals surface area contributed by atoms with Gasteiger partial charge in [0.2, 0.25) is 0 Å². The van der Waals surface area contributed by atoms with E-state index in [-0.39, 0.29) is 11.4 Å². The molecule has 0 bridgehead atoms. The lowest BCUT2D eigenvalue weighted by Crippen LogP contribution is -2.36. The minimum Gasteiger partial charge on any atom is -0.391 e. The van der Waals surface area contributed by atoms with Crippen molar-refractivity contribution < 1.29 is 66.5 Å². The summed E-state index contributed by atoms with van der Waals surface area (Å²) in [4.78, 5) is 50.8. The first kappa shape index (κ1) is 26.2. The van der Waals surface area contributed by atoms with Crippen LogP contribution < -0.4 is 11.4 Å². The number of aromatic nitrogens is 2. The summed E-state index contributed by atoms with van der Waals surface area (Å²) in [6, 6.07) is 0. The van der Waals surface area contributed by atoms with Crippen molar-refractivity contribution in [2.75, 3.05) is 12.3 Å². The quantitative estimate of drug-likeness (QED) is 0.156. The Labute approximate surface area is 171 Å². The summed E-state index contributed by atoms with van der Waals surface area (Å²) in [5, 5.41) is 29.4. The molecule has 2 rings (SSSR count). The van der Waals surface area contributed by atoms with Crippen LogP contribution in [0, 0.1) is 0 Å². The van der Waals surface area contributed by atoms with Gasteiger partial charge in [-0.15, -0.1) is 0 Å². The molecular formula is C10H18N3O15P3. The third-order valence-corrected chi connectivity index (χ3v) is 7.46. The zero-order valence-corrected chi connectivity index (χ0v) is 17.7. The average molecular weight is 513 g/mol. The number of aliphatic hydroxyl groups excluding tert-OH is 3. The molecule has 2 heterocycles. The Hall–Kier alpha value is -1.07. The number of nitrogens with two attached hydrogens (primary N) is 1. The summed E-state index contributed by atoms with van der Waals surface area (Å²) >= 11 is 0. The highest BCUT2D eigenvalue weighted by molar-refractivity contribution is 7.66. The average Bonchev–Trinajstić information content (AvgIpc) is 2.85. The van der Waals surface area contributed by atoms with Crippen molar-refractivity contribution >= 4 is 29.3 Å². The second kappa shape index (κ2) is 9.43. The molecular weight excluding hydrogens is 495 g/mol. The van der Waals surface area contributed by atoms with Gasteiger partial charge in [-0.3, -0.25) is 9.09 Å². The Morgan fingerprint density at radius 1 is 1.10 bits per heavy atom. The smallest absolute Gasteiger partial charge is 0.391 e. The first-order valence-corrected chi connectivity index (χ1v) is 12.4. The largest absolute Gasteiger partial charge is 0.490 e. The molecule has 0 saturated carbocycles. The van der Waals surface area contributed by atoms with Gasteiger partial charge in [-0.05, 0) is 0 Å². The normalized spacial score (nSPS) is 28.2. The van der Waals surface area contributed by atoms with E-state index in [1.54, 1.807) is 0 Å². The molecule has 6 unspecified atom stereocenters. The molecule has 9 N–H and O–H groups in total. The molecule has 1 aromatic rings. The molecule has 31 heavy (non-hydrogen) atoms. The summed E-state index contributed by atoms with van der Waals surface area (Å²) < 4.78 is 50.8. The van der Waals surface area contributed by atoms with Crippen molar-refractivity contribution in [3.63, 3.8) is 0 Å². The second-order valence-electron chi connectivity index (χ2n) is 5.93. The number of aliphatic hydroxyl groups is 3. The highest BCUT2D eigenvalue weighted by Gasteiger charge is 2.46. The van der Waals surface area contributed by atoms with Crippen LogP contribution in [-0.2, 0) is 38.2 Å². The molecule has 0 amide bonds. The van der Waals surface area contributed by atoms with Gasteiger partial charge in [-0.2, -0.15) is 13.6 Å². The standard InChI is InChI=1S/C10H18N3O15P3/c11-8-4(2-14)1-13(10(17)12-8)9-7(16)6(15)5(26-9)3-25-30(21,22)28-31(23,24)27-29(18,19)20/h1,5-7,9,14-16H,2-3H2,(H,21,22)(H,23,24)(H2,11,12,17)(H2,18,19,20). The number of nitrogen functional groups attached to an aromatic ring is 1. The number of nitrogens with zero attached hydrogens (tertiary/aromatic N) is 2. The maximum Gasteiger partial charge on any atom is 0.490 e. The molecule has 0 aliphatic carbocycles. The van der Waals surface area contributed by atoms with Crippen LogP contribution in [0.2, 0.25) is 0 Å². The molecule has 21 heteroatoms. The molecule has 0 spiro atoms. The number of hydrogen-bond acceptors (Lipinski definition) is 13. The van der Waals surface area contributed by atoms with E-state index in [1.807, 2.05) is 0 Å². The Kier molecular flexibility index (Phi) is 7.96. The van der Waals surface area contributed by atoms with Crippen LogP contribution in [0.4, 0.5) is 5.82 Å². The van der Waals surface area contributed by atoms with Gasteiger partial charge in [0.05, 0.1) is 13.2 Å². The maximum absolute atomic E-state index is 12.0. The molecule has 1 aliphatic heterocycles. The van der Waals surface area contributed by atoms with E-state index in [1.165, 1.54) is 0 Å². The molecule has 1 fully saturated rings. The summed E-state index contributed by atoms with van der Waals surface area (Å²) in [5.41, 5.74) is 4.40. The lowest BCUT2D eigenvalue weighted by molar-refractivity contribution is -0.0543. The fraction of sp³-hybridized carbons (Fsp3) is 0.600. The van der Waals surface area contributed by atoms with Gasteiger partial charge in [0, 0.05) is 11.8 Å². The fourth-order valence-electron chi connectivity index (χ4n) is 2.39. The molecule has 1 saturated heterocycles. The third-order valence-electron chi connectivity index (χ3n) is 3.66. The van der Waals surface area contributed by atoms with E-state index < -0.39 is 66.9 Å². The molecule has 1 aliphatic rings. The summed E-state index contributed by atoms with van der Waals surface area (Å²) in [6.45, 7) is -1.69. The van der Waals surface area contributed by atoms with Gasteiger partial charge >= 0.3 is 29.2 Å². The lowest BCUT2D eigenvalue weighted by atomic mass is 10.1. The van der Waals surface area contributed by atoms with Crippen molar-refractivity contribution in [3.05, 3.63) is 22.2 Å². The zero-order valence-electron chi connectivity index (χ0n) is 15.0. The summed E-state index contributed by atoms with van der Waals surface area (Å²) in [6.07, 6.45) is -5.83. The van der Waals surface area contributed by atoms with Crippen molar-refractivity contribution in [1.82, 2.24) is 9.55 Å². The van der Waals surface area contributed by atoms with Crippen LogP contribution in [0.3, 0.4) is 0 Å². The Morgan fingerprint density at radius 2 is 1.71 bits per heavy atom. The number of ether oxygens (including phenoxy) is 1.